The fourth-order valence-corrected chi connectivity index (χ4v) is 1.02. The second kappa shape index (κ2) is 2.91. The van der Waals surface area contributed by atoms with Crippen molar-refractivity contribution in [3.05, 3.63) is 47.9 Å². The highest BCUT2D eigenvalue weighted by atomic mass is 14.2. The second-order valence-electron chi connectivity index (χ2n) is 2.90. The smallest absolute Gasteiger partial charge is 0.00232 e. The Kier molecular flexibility index (Phi) is 1.76. The molecular formula is C11H11. The van der Waals surface area contributed by atoms with Crippen LogP contribution >= 0.6 is 0 Å². The van der Waals surface area contributed by atoms with E-state index in [0.717, 1.165) is 0 Å². The van der Waals surface area contributed by atoms with Gasteiger partial charge in [-0.15, -0.1) is 0 Å². The first-order chi connectivity index (χ1) is 5.45. The van der Waals surface area contributed by atoms with Gasteiger partial charge in [0.2, 0.25) is 0 Å². The highest BCUT2D eigenvalue weighted by molar-refractivity contribution is 5.52. The number of hydrogen-bond acceptors (Lipinski definition) is 0. The van der Waals surface area contributed by atoms with Crippen molar-refractivity contribution in [2.24, 2.45) is 0 Å². The fraction of sp³-hybridized carbons (Fsp3) is 0.182. The number of allylic oxidation sites excluding steroid dienone is 1. The van der Waals surface area contributed by atoms with Crippen LogP contribution in [0, 0.1) is 5.92 Å². The van der Waals surface area contributed by atoms with Gasteiger partial charge in [-0.25, -0.2) is 0 Å². The van der Waals surface area contributed by atoms with Crippen LogP contribution in [0.2, 0.25) is 0 Å². The third-order valence-corrected chi connectivity index (χ3v) is 1.85. The maximum absolute atomic E-state index is 2.23. The lowest BCUT2D eigenvalue weighted by Gasteiger charge is -1.88. The van der Waals surface area contributed by atoms with Crippen LogP contribution < -0.4 is 0 Å². The summed E-state index contributed by atoms with van der Waals surface area (Å²) in [7, 11) is 0. The topological polar surface area (TPSA) is 0 Å². The first-order valence-corrected chi connectivity index (χ1v) is 4.03. The molecule has 2 rings (SSSR count). The van der Waals surface area contributed by atoms with Crippen LogP contribution in [0.4, 0.5) is 0 Å². The van der Waals surface area contributed by atoms with Gasteiger partial charge in [0.1, 0.15) is 0 Å². The summed E-state index contributed by atoms with van der Waals surface area (Å²) < 4.78 is 0. The highest BCUT2D eigenvalue weighted by Gasteiger charge is 2.17. The van der Waals surface area contributed by atoms with Crippen LogP contribution in [0.25, 0.3) is 6.08 Å². The Hall–Kier alpha value is -1.04. The molecule has 0 heteroatoms. The second-order valence-corrected chi connectivity index (χ2v) is 2.90. The molecule has 1 aliphatic carbocycles. The summed E-state index contributed by atoms with van der Waals surface area (Å²) >= 11 is 0. The third kappa shape index (κ3) is 1.94. The third-order valence-electron chi connectivity index (χ3n) is 1.85. The van der Waals surface area contributed by atoms with Crippen LogP contribution in [0.1, 0.15) is 18.4 Å². The van der Waals surface area contributed by atoms with Gasteiger partial charge in [-0.05, 0) is 24.3 Å². The summed E-state index contributed by atoms with van der Waals surface area (Å²) in [6, 6.07) is 10.4. The summed E-state index contributed by atoms with van der Waals surface area (Å²) in [4.78, 5) is 0. The maximum atomic E-state index is 2.23. The summed E-state index contributed by atoms with van der Waals surface area (Å²) in [5, 5.41) is 0. The van der Waals surface area contributed by atoms with Crippen molar-refractivity contribution >= 4 is 6.08 Å². The molecule has 0 unspecified atom stereocenters. The Bertz CT molecular complexity index is 242. The van der Waals surface area contributed by atoms with Crippen molar-refractivity contribution in [3.8, 4) is 0 Å². The molecule has 0 spiro atoms. The molecular weight excluding hydrogens is 132 g/mol. The minimum atomic E-state index is 1.30. The van der Waals surface area contributed by atoms with E-state index in [9.17, 15) is 0 Å². The van der Waals surface area contributed by atoms with E-state index in [1.54, 1.807) is 5.92 Å². The zero-order chi connectivity index (χ0) is 7.52. The maximum Gasteiger partial charge on any atom is -0.00232 e. The Balaban J connectivity index is 2.05. The Morgan fingerprint density at radius 2 is 1.64 bits per heavy atom. The van der Waals surface area contributed by atoms with Gasteiger partial charge in [0.25, 0.3) is 0 Å². The molecule has 0 nitrogen and oxygen atoms in total. The standard InChI is InChI=1S/C11H11/c1-2-4-10(5-3-1)6-7-11-8-9-11/h1-7H,8-9H2/b7-6+. The molecule has 0 aromatic heterocycles. The van der Waals surface area contributed by atoms with Gasteiger partial charge in [-0.3, -0.25) is 0 Å². The van der Waals surface area contributed by atoms with Crippen LogP contribution in [0.3, 0.4) is 0 Å². The van der Waals surface area contributed by atoms with Gasteiger partial charge in [-0.1, -0.05) is 42.5 Å². The van der Waals surface area contributed by atoms with E-state index in [4.69, 9.17) is 0 Å². The molecule has 0 amide bonds. The fourth-order valence-electron chi connectivity index (χ4n) is 1.02. The van der Waals surface area contributed by atoms with Gasteiger partial charge in [0.15, 0.2) is 0 Å². The lowest BCUT2D eigenvalue weighted by Crippen LogP contribution is -1.67. The van der Waals surface area contributed by atoms with Crippen molar-refractivity contribution in [2.45, 2.75) is 12.8 Å². The van der Waals surface area contributed by atoms with E-state index in [2.05, 4.69) is 36.4 Å². The highest BCUT2D eigenvalue weighted by Crippen LogP contribution is 2.33. The normalized spacial score (nSPS) is 17.5. The average molecular weight is 143 g/mol. The van der Waals surface area contributed by atoms with E-state index < -0.39 is 0 Å². The van der Waals surface area contributed by atoms with Crippen molar-refractivity contribution in [3.63, 3.8) is 0 Å². The quantitative estimate of drug-likeness (QED) is 0.596. The van der Waals surface area contributed by atoms with Crippen LogP contribution in [0.15, 0.2) is 36.4 Å². The lowest BCUT2D eigenvalue weighted by molar-refractivity contribution is 1.50. The molecule has 0 atom stereocenters. The molecule has 1 aromatic carbocycles. The lowest BCUT2D eigenvalue weighted by atomic mass is 10.2. The van der Waals surface area contributed by atoms with Crippen LogP contribution in [-0.4, -0.2) is 0 Å². The van der Waals surface area contributed by atoms with E-state index in [0.29, 0.717) is 0 Å². The minimum absolute atomic E-state index is 1.30. The molecule has 1 aliphatic rings. The zero-order valence-corrected chi connectivity index (χ0v) is 6.46. The van der Waals surface area contributed by atoms with Crippen LogP contribution in [0.5, 0.6) is 0 Å². The molecule has 0 aliphatic heterocycles. The molecule has 55 valence electrons. The predicted octanol–water partition coefficient (Wildman–Crippen LogP) is 3.07. The van der Waals surface area contributed by atoms with Gasteiger partial charge < -0.3 is 0 Å². The Labute approximate surface area is 67.6 Å². The monoisotopic (exact) mass is 143 g/mol. The van der Waals surface area contributed by atoms with Gasteiger partial charge in [-0.2, -0.15) is 0 Å². The van der Waals surface area contributed by atoms with E-state index >= 15 is 0 Å². The number of rotatable bonds is 2. The SMILES string of the molecule is C(=C\c1ccccc1)/[C]1CC1. The van der Waals surface area contributed by atoms with Crippen molar-refractivity contribution in [1.29, 1.82) is 0 Å². The van der Waals surface area contributed by atoms with Gasteiger partial charge in [0, 0.05) is 0 Å². The number of hydrogen-bond donors (Lipinski definition) is 0. The molecule has 1 aromatic rings. The molecule has 1 fully saturated rings. The van der Waals surface area contributed by atoms with E-state index in [1.807, 2.05) is 6.07 Å². The molecule has 0 bridgehead atoms. The Morgan fingerprint density at radius 3 is 2.27 bits per heavy atom. The summed E-state index contributed by atoms with van der Waals surface area (Å²) in [6.45, 7) is 0. The molecule has 11 heavy (non-hydrogen) atoms. The average Bonchev–Trinajstić information content (AvgIpc) is 2.86. The molecule has 1 radical (unpaired) electrons. The molecule has 0 heterocycles. The Morgan fingerprint density at radius 1 is 0.909 bits per heavy atom. The molecule has 0 saturated heterocycles. The van der Waals surface area contributed by atoms with E-state index in [1.165, 1.54) is 18.4 Å². The zero-order valence-electron chi connectivity index (χ0n) is 6.46. The van der Waals surface area contributed by atoms with Crippen molar-refractivity contribution in [1.82, 2.24) is 0 Å². The van der Waals surface area contributed by atoms with E-state index in [-0.39, 0.29) is 0 Å². The molecule has 1 saturated carbocycles. The first kappa shape index (κ1) is 6.66. The van der Waals surface area contributed by atoms with Gasteiger partial charge in [0.05, 0.1) is 0 Å². The predicted molar refractivity (Wildman–Crippen MR) is 48.0 cm³/mol. The first-order valence-electron chi connectivity index (χ1n) is 4.03. The van der Waals surface area contributed by atoms with Gasteiger partial charge >= 0.3 is 0 Å². The summed E-state index contributed by atoms with van der Waals surface area (Å²) in [6.07, 6.45) is 7.03. The largest absolute Gasteiger partial charge is 0.0768 e. The van der Waals surface area contributed by atoms with Crippen molar-refractivity contribution < 1.29 is 0 Å². The van der Waals surface area contributed by atoms with Crippen LogP contribution in [-0.2, 0) is 0 Å². The minimum Gasteiger partial charge on any atom is -0.0768 e. The number of benzene rings is 1. The van der Waals surface area contributed by atoms with Crippen molar-refractivity contribution in [2.75, 3.05) is 0 Å². The molecule has 0 N–H and O–H groups in total. The summed E-state index contributed by atoms with van der Waals surface area (Å²) in [5.74, 6) is 1.58. The summed E-state index contributed by atoms with van der Waals surface area (Å²) in [5.41, 5.74) is 1.30.